The van der Waals surface area contributed by atoms with Crippen molar-refractivity contribution in [2.75, 3.05) is 6.61 Å². The average molecular weight is 231 g/mol. The van der Waals surface area contributed by atoms with Gasteiger partial charge >= 0.3 is 5.97 Å². The van der Waals surface area contributed by atoms with Crippen LogP contribution in [0.15, 0.2) is 21.7 Å². The molecule has 0 heterocycles. The number of esters is 1. The zero-order chi connectivity index (χ0) is 9.14. The summed E-state index contributed by atoms with van der Waals surface area (Å²) in [5.74, 6) is -0.194. The molecule has 66 valence electrons. The van der Waals surface area contributed by atoms with Gasteiger partial charge in [0.2, 0.25) is 0 Å². The molecule has 0 aliphatic heterocycles. The van der Waals surface area contributed by atoms with E-state index in [-0.39, 0.29) is 5.97 Å². The molecule has 0 aromatic heterocycles. The summed E-state index contributed by atoms with van der Waals surface area (Å²) < 4.78 is 5.94. The van der Waals surface area contributed by atoms with E-state index in [1.807, 2.05) is 19.9 Å². The Morgan fingerprint density at radius 1 is 1.75 bits per heavy atom. The maximum absolute atomic E-state index is 11.3. The van der Waals surface area contributed by atoms with Crippen molar-refractivity contribution in [3.63, 3.8) is 0 Å². The van der Waals surface area contributed by atoms with E-state index in [1.165, 1.54) is 0 Å². The van der Waals surface area contributed by atoms with Gasteiger partial charge in [-0.3, -0.25) is 0 Å². The van der Waals surface area contributed by atoms with E-state index >= 15 is 0 Å². The van der Waals surface area contributed by atoms with Crippen LogP contribution < -0.4 is 0 Å². The third-order valence-electron chi connectivity index (χ3n) is 1.72. The van der Waals surface area contributed by atoms with Gasteiger partial charge in [0, 0.05) is 16.5 Å². The fourth-order valence-corrected chi connectivity index (χ4v) is 1.76. The summed E-state index contributed by atoms with van der Waals surface area (Å²) >= 11 is 3.35. The second-order valence-electron chi connectivity index (χ2n) is 2.65. The van der Waals surface area contributed by atoms with Crippen LogP contribution in [0.4, 0.5) is 0 Å². The number of halogens is 1. The number of hydrogen-bond acceptors (Lipinski definition) is 2. The van der Waals surface area contributed by atoms with Gasteiger partial charge < -0.3 is 4.74 Å². The van der Waals surface area contributed by atoms with Crippen LogP contribution in [0.1, 0.15) is 20.3 Å². The Bertz CT molecular complexity index is 264. The van der Waals surface area contributed by atoms with Crippen molar-refractivity contribution in [2.24, 2.45) is 0 Å². The highest BCUT2D eigenvalue weighted by atomic mass is 79.9. The molecule has 0 atom stereocenters. The van der Waals surface area contributed by atoms with Gasteiger partial charge in [-0.15, -0.1) is 0 Å². The van der Waals surface area contributed by atoms with Crippen molar-refractivity contribution in [3.8, 4) is 0 Å². The Morgan fingerprint density at radius 2 is 2.42 bits per heavy atom. The van der Waals surface area contributed by atoms with Gasteiger partial charge in [0.15, 0.2) is 0 Å². The van der Waals surface area contributed by atoms with Crippen molar-refractivity contribution < 1.29 is 9.53 Å². The van der Waals surface area contributed by atoms with Gasteiger partial charge in [0.25, 0.3) is 0 Å². The lowest BCUT2D eigenvalue weighted by molar-refractivity contribution is -0.138. The number of ether oxygens (including phenoxy) is 1. The van der Waals surface area contributed by atoms with Crippen LogP contribution in [0.25, 0.3) is 0 Å². The van der Waals surface area contributed by atoms with Crippen molar-refractivity contribution in [1.82, 2.24) is 0 Å². The highest BCUT2D eigenvalue weighted by Gasteiger charge is 2.18. The maximum Gasteiger partial charge on any atom is 0.334 e. The Morgan fingerprint density at radius 3 is 2.83 bits per heavy atom. The highest BCUT2D eigenvalue weighted by molar-refractivity contribution is 9.11. The lowest BCUT2D eigenvalue weighted by atomic mass is 10.2. The van der Waals surface area contributed by atoms with Gasteiger partial charge in [-0.25, -0.2) is 4.79 Å². The number of rotatable bonds is 2. The Labute approximate surface area is 80.4 Å². The number of allylic oxidation sites excluding steroid dienone is 3. The molecule has 0 aromatic carbocycles. The molecule has 0 unspecified atom stereocenters. The van der Waals surface area contributed by atoms with Crippen LogP contribution in [-0.4, -0.2) is 12.6 Å². The summed E-state index contributed by atoms with van der Waals surface area (Å²) in [4.78, 5) is 11.3. The molecule has 1 aliphatic rings. The van der Waals surface area contributed by atoms with Crippen LogP contribution in [0.2, 0.25) is 0 Å². The minimum Gasteiger partial charge on any atom is -0.463 e. The predicted molar refractivity (Wildman–Crippen MR) is 51.0 cm³/mol. The average Bonchev–Trinajstić information content (AvgIpc) is 2.30. The lowest BCUT2D eigenvalue weighted by Gasteiger charge is -2.02. The molecule has 0 amide bonds. The summed E-state index contributed by atoms with van der Waals surface area (Å²) in [6, 6.07) is 0. The lowest BCUT2D eigenvalue weighted by Crippen LogP contribution is -2.07. The molecular weight excluding hydrogens is 220 g/mol. The van der Waals surface area contributed by atoms with E-state index in [0.717, 1.165) is 15.6 Å². The first-order valence-corrected chi connectivity index (χ1v) is 4.67. The fourth-order valence-electron chi connectivity index (χ4n) is 1.13. The van der Waals surface area contributed by atoms with E-state index in [0.29, 0.717) is 13.0 Å². The molecule has 2 nitrogen and oxygen atoms in total. The molecular formula is C9H11BrO2. The molecule has 3 heteroatoms. The molecule has 0 aromatic rings. The topological polar surface area (TPSA) is 26.3 Å². The zero-order valence-corrected chi connectivity index (χ0v) is 8.77. The second kappa shape index (κ2) is 3.90. The van der Waals surface area contributed by atoms with Crippen molar-refractivity contribution in [3.05, 3.63) is 21.7 Å². The standard InChI is InChI=1S/C9H11BrO2/c1-3-12-9(11)8-5-7(10)4-6(8)2/h4H,3,5H2,1-2H3. The second-order valence-corrected chi connectivity index (χ2v) is 3.67. The Balaban J connectivity index is 2.68. The van der Waals surface area contributed by atoms with Gasteiger partial charge in [0.1, 0.15) is 0 Å². The number of carbonyl (C=O) groups excluding carboxylic acids is 1. The van der Waals surface area contributed by atoms with Gasteiger partial charge in [0.05, 0.1) is 6.61 Å². The van der Waals surface area contributed by atoms with Crippen molar-refractivity contribution >= 4 is 21.9 Å². The highest BCUT2D eigenvalue weighted by Crippen LogP contribution is 2.29. The molecule has 0 spiro atoms. The molecule has 1 rings (SSSR count). The Hall–Kier alpha value is -0.570. The third-order valence-corrected chi connectivity index (χ3v) is 2.23. The molecule has 0 bridgehead atoms. The minimum absolute atomic E-state index is 0.194. The zero-order valence-electron chi connectivity index (χ0n) is 7.19. The van der Waals surface area contributed by atoms with Gasteiger partial charge in [-0.1, -0.05) is 15.9 Å². The normalized spacial score (nSPS) is 16.4. The van der Waals surface area contributed by atoms with Crippen molar-refractivity contribution in [1.29, 1.82) is 0 Å². The molecule has 0 saturated heterocycles. The quantitative estimate of drug-likeness (QED) is 0.682. The van der Waals surface area contributed by atoms with E-state index in [4.69, 9.17) is 4.74 Å². The first-order chi connectivity index (χ1) is 5.65. The first-order valence-electron chi connectivity index (χ1n) is 3.88. The predicted octanol–water partition coefficient (Wildman–Crippen LogP) is 2.55. The monoisotopic (exact) mass is 230 g/mol. The van der Waals surface area contributed by atoms with Crippen LogP contribution in [-0.2, 0) is 9.53 Å². The summed E-state index contributed by atoms with van der Waals surface area (Å²) in [6.07, 6.45) is 2.62. The first kappa shape index (κ1) is 9.52. The van der Waals surface area contributed by atoms with Crippen LogP contribution >= 0.6 is 15.9 Å². The molecule has 0 N–H and O–H groups in total. The molecule has 12 heavy (non-hydrogen) atoms. The smallest absolute Gasteiger partial charge is 0.334 e. The molecule has 0 radical (unpaired) electrons. The van der Waals surface area contributed by atoms with Crippen LogP contribution in [0.3, 0.4) is 0 Å². The molecule has 1 aliphatic carbocycles. The van der Waals surface area contributed by atoms with Crippen LogP contribution in [0.5, 0.6) is 0 Å². The van der Waals surface area contributed by atoms with E-state index in [2.05, 4.69) is 15.9 Å². The van der Waals surface area contributed by atoms with Crippen LogP contribution in [0, 0.1) is 0 Å². The summed E-state index contributed by atoms with van der Waals surface area (Å²) in [5.41, 5.74) is 1.77. The van der Waals surface area contributed by atoms with E-state index in [9.17, 15) is 4.79 Å². The molecule has 0 saturated carbocycles. The van der Waals surface area contributed by atoms with E-state index in [1.54, 1.807) is 0 Å². The minimum atomic E-state index is -0.194. The third kappa shape index (κ3) is 1.97. The summed E-state index contributed by atoms with van der Waals surface area (Å²) in [6.45, 7) is 4.17. The summed E-state index contributed by atoms with van der Waals surface area (Å²) in [7, 11) is 0. The maximum atomic E-state index is 11.3. The van der Waals surface area contributed by atoms with E-state index < -0.39 is 0 Å². The van der Waals surface area contributed by atoms with Gasteiger partial charge in [-0.2, -0.15) is 0 Å². The summed E-state index contributed by atoms with van der Waals surface area (Å²) in [5, 5.41) is 0. The largest absolute Gasteiger partial charge is 0.463 e. The van der Waals surface area contributed by atoms with Crippen molar-refractivity contribution in [2.45, 2.75) is 20.3 Å². The number of hydrogen-bond donors (Lipinski definition) is 0. The molecule has 0 fully saturated rings. The SMILES string of the molecule is CCOC(=O)C1=C(C)C=C(Br)C1. The Kier molecular flexibility index (Phi) is 3.09. The van der Waals surface area contributed by atoms with Gasteiger partial charge in [-0.05, 0) is 25.5 Å². The number of carbonyl (C=O) groups is 1. The fraction of sp³-hybridized carbons (Fsp3) is 0.444.